The molecule has 4 aromatic rings. The van der Waals surface area contributed by atoms with Crippen molar-refractivity contribution in [2.45, 2.75) is 12.5 Å². The average Bonchev–Trinajstić information content (AvgIpc) is 3.31. The van der Waals surface area contributed by atoms with E-state index >= 15 is 0 Å². The van der Waals surface area contributed by atoms with Crippen LogP contribution in [0, 0.1) is 0 Å². The zero-order valence-corrected chi connectivity index (χ0v) is 15.6. The Balaban J connectivity index is 1.60. The molecular weight excluding hydrogens is 344 g/mol. The van der Waals surface area contributed by atoms with Gasteiger partial charge in [-0.3, -0.25) is 0 Å². The van der Waals surface area contributed by atoms with Crippen LogP contribution in [0.5, 0.6) is 0 Å². The van der Waals surface area contributed by atoms with Crippen molar-refractivity contribution < 1.29 is 0 Å². The zero-order valence-electron chi connectivity index (χ0n) is 14.0. The van der Waals surface area contributed by atoms with Crippen LogP contribution in [0.4, 0.5) is 0 Å². The monoisotopic (exact) mass is 362 g/mol. The normalized spacial score (nSPS) is 17.7. The molecule has 1 aliphatic heterocycles. The number of thiophene rings is 1. The van der Waals surface area contributed by atoms with Gasteiger partial charge in [-0.05, 0) is 52.7 Å². The van der Waals surface area contributed by atoms with Crippen molar-refractivity contribution in [1.29, 1.82) is 0 Å². The van der Waals surface area contributed by atoms with E-state index in [0.717, 1.165) is 18.1 Å². The van der Waals surface area contributed by atoms with Crippen LogP contribution < -0.4 is 0 Å². The summed E-state index contributed by atoms with van der Waals surface area (Å²) in [5, 5.41) is 6.67. The molecule has 0 spiro atoms. The molecule has 1 atom stereocenters. The van der Waals surface area contributed by atoms with E-state index in [1.807, 2.05) is 22.9 Å². The summed E-state index contributed by atoms with van der Waals surface area (Å²) in [6.45, 7) is 2.08. The first-order chi connectivity index (χ1) is 12.3. The highest BCUT2D eigenvalue weighted by Crippen LogP contribution is 2.37. The Morgan fingerprint density at radius 3 is 2.88 bits per heavy atom. The lowest BCUT2D eigenvalue weighted by atomic mass is 9.84. The fourth-order valence-electron chi connectivity index (χ4n) is 3.82. The summed E-state index contributed by atoms with van der Waals surface area (Å²) in [6, 6.07) is 16.0. The van der Waals surface area contributed by atoms with Crippen molar-refractivity contribution in [2.75, 3.05) is 13.6 Å². The van der Waals surface area contributed by atoms with E-state index in [-0.39, 0.29) is 0 Å². The highest BCUT2D eigenvalue weighted by molar-refractivity contribution is 7.17. The molecule has 4 heteroatoms. The Bertz CT molecular complexity index is 1030. The summed E-state index contributed by atoms with van der Waals surface area (Å²) < 4.78 is 1.38. The number of benzene rings is 2. The minimum absolute atomic E-state index is 0.436. The van der Waals surface area contributed by atoms with Crippen molar-refractivity contribution >= 4 is 32.8 Å². The smallest absolute Gasteiger partial charge is 0.123 e. The summed E-state index contributed by atoms with van der Waals surface area (Å²) >= 11 is 3.53. The van der Waals surface area contributed by atoms with Crippen LogP contribution in [0.2, 0.25) is 0 Å². The largest absolute Gasteiger partial charge is 0.301 e. The molecule has 0 saturated carbocycles. The van der Waals surface area contributed by atoms with Crippen LogP contribution >= 0.6 is 22.7 Å². The van der Waals surface area contributed by atoms with Gasteiger partial charge in [-0.15, -0.1) is 22.7 Å². The van der Waals surface area contributed by atoms with Crippen molar-refractivity contribution in [1.82, 2.24) is 9.88 Å². The second kappa shape index (κ2) is 6.06. The first-order valence-corrected chi connectivity index (χ1v) is 10.2. The molecule has 0 bridgehead atoms. The number of rotatable bonds is 2. The third kappa shape index (κ3) is 2.71. The molecule has 1 aliphatic rings. The average molecular weight is 363 g/mol. The van der Waals surface area contributed by atoms with E-state index < -0.39 is 0 Å². The Hall–Kier alpha value is -2.01. The van der Waals surface area contributed by atoms with E-state index in [0.29, 0.717) is 5.92 Å². The van der Waals surface area contributed by atoms with Crippen molar-refractivity contribution in [3.8, 4) is 10.6 Å². The summed E-state index contributed by atoms with van der Waals surface area (Å²) in [7, 11) is 2.22. The van der Waals surface area contributed by atoms with Crippen molar-refractivity contribution in [3.63, 3.8) is 0 Å². The van der Waals surface area contributed by atoms with Crippen molar-refractivity contribution in [3.05, 3.63) is 76.1 Å². The van der Waals surface area contributed by atoms with Crippen LogP contribution in [0.25, 0.3) is 20.7 Å². The summed E-state index contributed by atoms with van der Waals surface area (Å²) in [5.74, 6) is 0.436. The summed E-state index contributed by atoms with van der Waals surface area (Å²) in [5.41, 5.74) is 5.55. The first-order valence-electron chi connectivity index (χ1n) is 8.46. The highest BCUT2D eigenvalue weighted by Gasteiger charge is 2.25. The molecule has 3 heterocycles. The number of hydrogen-bond donors (Lipinski definition) is 0. The van der Waals surface area contributed by atoms with Gasteiger partial charge in [0.15, 0.2) is 0 Å². The van der Waals surface area contributed by atoms with Crippen LogP contribution in [-0.2, 0) is 6.54 Å². The molecule has 5 rings (SSSR count). The summed E-state index contributed by atoms with van der Waals surface area (Å²) in [6.07, 6.45) is 1.88. The number of thiazole rings is 1. The number of likely N-dealkylation sites (N-methyl/N-ethyl adjacent to an activating group) is 1. The maximum absolute atomic E-state index is 4.47. The van der Waals surface area contributed by atoms with E-state index in [1.54, 1.807) is 11.3 Å². The molecule has 2 aromatic carbocycles. The topological polar surface area (TPSA) is 16.1 Å². The highest BCUT2D eigenvalue weighted by atomic mass is 32.1. The van der Waals surface area contributed by atoms with Gasteiger partial charge in [0, 0.05) is 40.8 Å². The molecule has 0 saturated heterocycles. The van der Waals surface area contributed by atoms with Gasteiger partial charge >= 0.3 is 0 Å². The van der Waals surface area contributed by atoms with E-state index in [9.17, 15) is 0 Å². The first kappa shape index (κ1) is 15.3. The van der Waals surface area contributed by atoms with Gasteiger partial charge in [0.2, 0.25) is 0 Å². The molecule has 0 N–H and O–H groups in total. The number of fused-ring (bicyclic) bond motifs is 2. The molecule has 1 unspecified atom stereocenters. The minimum atomic E-state index is 0.436. The SMILES string of the molecule is CN1Cc2cc(-c3nccs3)ccc2C(c2ccc3ccsc3c2)C1. The molecule has 2 aromatic heterocycles. The van der Waals surface area contributed by atoms with E-state index in [2.05, 4.69) is 64.8 Å². The molecule has 2 nitrogen and oxygen atoms in total. The maximum atomic E-state index is 4.47. The molecule has 25 heavy (non-hydrogen) atoms. The molecular formula is C21H18N2S2. The van der Waals surface area contributed by atoms with Crippen LogP contribution in [0.15, 0.2) is 59.4 Å². The Kier molecular flexibility index (Phi) is 3.70. The van der Waals surface area contributed by atoms with E-state index in [4.69, 9.17) is 0 Å². The molecule has 0 fully saturated rings. The number of aromatic nitrogens is 1. The lowest BCUT2D eigenvalue weighted by Gasteiger charge is -2.33. The second-order valence-corrected chi connectivity index (χ2v) is 8.56. The lowest BCUT2D eigenvalue weighted by Crippen LogP contribution is -2.31. The third-order valence-electron chi connectivity index (χ3n) is 5.01. The Labute approximate surface area is 155 Å². The Morgan fingerprint density at radius 1 is 1.04 bits per heavy atom. The third-order valence-corrected chi connectivity index (χ3v) is 6.72. The standard InChI is InChI=1S/C21H18N2S2/c1-23-12-17-10-16(21-22-7-9-25-21)4-5-18(17)19(13-23)15-3-2-14-6-8-24-20(14)11-15/h2-11,19H,12-13H2,1H3. The van der Waals surface area contributed by atoms with Crippen LogP contribution in [0.1, 0.15) is 22.6 Å². The summed E-state index contributed by atoms with van der Waals surface area (Å²) in [4.78, 5) is 6.89. The van der Waals surface area contributed by atoms with Crippen LogP contribution in [0.3, 0.4) is 0 Å². The van der Waals surface area contributed by atoms with Gasteiger partial charge < -0.3 is 4.90 Å². The molecule has 0 aliphatic carbocycles. The van der Waals surface area contributed by atoms with E-state index in [1.165, 1.54) is 32.3 Å². The number of hydrogen-bond acceptors (Lipinski definition) is 4. The zero-order chi connectivity index (χ0) is 16.8. The Morgan fingerprint density at radius 2 is 2.00 bits per heavy atom. The predicted octanol–water partition coefficient (Wildman–Crippen LogP) is 5.60. The predicted molar refractivity (Wildman–Crippen MR) is 108 cm³/mol. The van der Waals surface area contributed by atoms with Gasteiger partial charge in [0.25, 0.3) is 0 Å². The molecule has 0 amide bonds. The molecule has 124 valence electrons. The quantitative estimate of drug-likeness (QED) is 0.461. The van der Waals surface area contributed by atoms with Crippen LogP contribution in [-0.4, -0.2) is 23.5 Å². The maximum Gasteiger partial charge on any atom is 0.123 e. The van der Waals surface area contributed by atoms with Gasteiger partial charge in [-0.25, -0.2) is 4.98 Å². The minimum Gasteiger partial charge on any atom is -0.301 e. The fourth-order valence-corrected chi connectivity index (χ4v) is 5.29. The van der Waals surface area contributed by atoms with Gasteiger partial charge in [0.1, 0.15) is 5.01 Å². The number of nitrogens with zero attached hydrogens (tertiary/aromatic N) is 2. The van der Waals surface area contributed by atoms with Gasteiger partial charge in [-0.2, -0.15) is 0 Å². The van der Waals surface area contributed by atoms with Gasteiger partial charge in [-0.1, -0.05) is 24.3 Å². The lowest BCUT2D eigenvalue weighted by molar-refractivity contribution is 0.295. The molecule has 0 radical (unpaired) electrons. The second-order valence-electron chi connectivity index (χ2n) is 6.72. The van der Waals surface area contributed by atoms with Gasteiger partial charge in [0.05, 0.1) is 0 Å². The fraction of sp³-hybridized carbons (Fsp3) is 0.190. The van der Waals surface area contributed by atoms with Crippen molar-refractivity contribution in [2.24, 2.45) is 0 Å².